The molecule has 1 N–H and O–H groups in total. The normalized spacial score (nSPS) is 13.5. The molecule has 90 heavy (non-hydrogen) atoms. The molecule has 0 aliphatic carbocycles. The summed E-state index contributed by atoms with van der Waals surface area (Å²) >= 11 is 0. The third kappa shape index (κ3) is 70.9. The molecule has 0 amide bonds. The van der Waals surface area contributed by atoms with Crippen LogP contribution in [0.3, 0.4) is 0 Å². The van der Waals surface area contributed by atoms with E-state index in [1.54, 1.807) is 0 Å². The third-order valence-electron chi connectivity index (χ3n) is 15.7. The lowest BCUT2D eigenvalue weighted by Gasteiger charge is -2.25. The van der Waals surface area contributed by atoms with Crippen LogP contribution in [0.5, 0.6) is 0 Å². The Balaban J connectivity index is 4.18. The van der Waals surface area contributed by atoms with Gasteiger partial charge in [0.05, 0.1) is 34.4 Å². The maximum absolute atomic E-state index is 13.0. The molecule has 0 radical (unpaired) electrons. The molecule has 0 aromatic heterocycles. The van der Waals surface area contributed by atoms with Crippen molar-refractivity contribution in [3.05, 3.63) is 134 Å². The first-order valence-electron chi connectivity index (χ1n) is 36.8. The summed E-state index contributed by atoms with van der Waals surface area (Å²) in [4.78, 5) is 37.6. The predicted octanol–water partition coefficient (Wildman–Crippen LogP) is 23.3. The molecule has 2 atom stereocenters. The fourth-order valence-electron chi connectivity index (χ4n) is 10.1. The van der Waals surface area contributed by atoms with Crippen LogP contribution in [-0.2, 0) is 33.3 Å². The average Bonchev–Trinajstić information content (AvgIpc) is 3.65. The summed E-state index contributed by atoms with van der Waals surface area (Å²) in [6.45, 7) is 4.76. The van der Waals surface area contributed by atoms with Crippen LogP contribution in [0.1, 0.15) is 303 Å². The van der Waals surface area contributed by atoms with Gasteiger partial charge in [0, 0.05) is 12.8 Å². The van der Waals surface area contributed by atoms with Gasteiger partial charge in [-0.15, -0.1) is 0 Å². The van der Waals surface area contributed by atoms with Gasteiger partial charge in [0.25, 0.3) is 6.29 Å². The third-order valence-corrected chi connectivity index (χ3v) is 15.7. The minimum absolute atomic E-state index is 0.179. The lowest BCUT2D eigenvalue weighted by Crippen LogP contribution is -2.40. The van der Waals surface area contributed by atoms with Crippen LogP contribution in [0, 0.1) is 0 Å². The lowest BCUT2D eigenvalue weighted by atomic mass is 10.0. The molecule has 0 aromatic rings. The van der Waals surface area contributed by atoms with Gasteiger partial charge in [0.2, 0.25) is 0 Å². The number of carbonyl (C=O) groups is 3. The van der Waals surface area contributed by atoms with Crippen molar-refractivity contribution in [3.8, 4) is 0 Å². The van der Waals surface area contributed by atoms with Gasteiger partial charge in [0.15, 0.2) is 6.10 Å². The van der Waals surface area contributed by atoms with Crippen molar-refractivity contribution in [2.75, 3.05) is 47.5 Å². The zero-order valence-corrected chi connectivity index (χ0v) is 58.8. The van der Waals surface area contributed by atoms with E-state index < -0.39 is 24.3 Å². The molecular weight excluding hydrogens is 1110 g/mol. The minimum atomic E-state index is -1.52. The number of likely N-dealkylation sites (N-methyl/N-ethyl adjacent to an activating group) is 1. The summed E-state index contributed by atoms with van der Waals surface area (Å²) in [5.74, 6) is -2.03. The molecule has 0 aromatic carbocycles. The van der Waals surface area contributed by atoms with Crippen molar-refractivity contribution in [1.82, 2.24) is 0 Å². The number of hydrogen-bond donors (Lipinski definition) is 1. The number of carbonyl (C=O) groups excluding carboxylic acids is 2. The fraction of sp³-hybridized carbons (Fsp3) is 0.691. The van der Waals surface area contributed by atoms with Crippen LogP contribution in [-0.4, -0.2) is 87.4 Å². The number of allylic oxidation sites excluding steroid dienone is 22. The molecular formula is C81H138NO8+. The van der Waals surface area contributed by atoms with Gasteiger partial charge in [-0.2, -0.15) is 0 Å². The summed E-state index contributed by atoms with van der Waals surface area (Å²) in [7, 11) is 5.97. The standard InChI is InChI=1S/C81H137NO8/c1-6-8-10-12-14-16-18-20-22-24-26-28-30-32-34-35-36-37-38-39-40-41-42-43-44-45-46-48-50-52-54-56-58-60-62-64-66-68-70-72-79(84)90-77(76-89-81(80(85)86)87-74-73-82(3,4)5)75-88-78(83)71-69-67-65-63-61-59-57-55-53-51-49-47-33-31-29-27-25-23-21-19-17-15-13-11-9-7-2/h8,10,14,16,20,22,26,28,32,34,36-37,39-40,42-43,45-46,50,52,56,58,77,81H,6-7,9,11-13,15,17-19,21,23-25,27,29-31,33,35,38,41,44,47-49,51,53-55,57,59-76H2,1-5H3/p+1/b10-8-,16-14-,22-20-,28-26-,34-32-,37-36-,40-39-,43-42-,46-45-,52-50-,58-56-. The maximum atomic E-state index is 13.0. The van der Waals surface area contributed by atoms with Crippen LogP contribution in [0.4, 0.5) is 0 Å². The second-order valence-corrected chi connectivity index (χ2v) is 25.5. The Kier molecular flexibility index (Phi) is 66.7. The summed E-state index contributed by atoms with van der Waals surface area (Å²) in [5, 5.41) is 9.75. The second-order valence-electron chi connectivity index (χ2n) is 25.5. The number of quaternary nitrogens is 1. The van der Waals surface area contributed by atoms with Crippen molar-refractivity contribution in [2.45, 2.75) is 315 Å². The van der Waals surface area contributed by atoms with E-state index in [-0.39, 0.29) is 32.2 Å². The minimum Gasteiger partial charge on any atom is -0.477 e. The summed E-state index contributed by atoms with van der Waals surface area (Å²) in [5.41, 5.74) is 0. The Morgan fingerprint density at radius 2 is 0.633 bits per heavy atom. The number of carboxylic acid groups (broad SMARTS) is 1. The second kappa shape index (κ2) is 70.3. The van der Waals surface area contributed by atoms with E-state index in [0.717, 1.165) is 122 Å². The highest BCUT2D eigenvalue weighted by atomic mass is 16.7. The Hall–Kier alpha value is -4.57. The highest BCUT2D eigenvalue weighted by Crippen LogP contribution is 2.18. The highest BCUT2D eigenvalue weighted by Gasteiger charge is 2.25. The Morgan fingerprint density at radius 3 is 0.944 bits per heavy atom. The molecule has 0 spiro atoms. The van der Waals surface area contributed by atoms with Crippen molar-refractivity contribution in [2.24, 2.45) is 0 Å². The predicted molar refractivity (Wildman–Crippen MR) is 387 cm³/mol. The zero-order valence-electron chi connectivity index (χ0n) is 58.8. The molecule has 0 saturated heterocycles. The van der Waals surface area contributed by atoms with Crippen LogP contribution >= 0.6 is 0 Å². The van der Waals surface area contributed by atoms with Crippen LogP contribution in [0.25, 0.3) is 0 Å². The molecule has 0 saturated carbocycles. The average molecular weight is 1250 g/mol. The molecule has 514 valence electrons. The molecule has 2 unspecified atom stereocenters. The van der Waals surface area contributed by atoms with Crippen molar-refractivity contribution >= 4 is 17.9 Å². The summed E-state index contributed by atoms with van der Waals surface area (Å²) < 4.78 is 23.0. The van der Waals surface area contributed by atoms with Gasteiger partial charge >= 0.3 is 17.9 Å². The van der Waals surface area contributed by atoms with Crippen LogP contribution < -0.4 is 0 Å². The number of nitrogens with zero attached hydrogens (tertiary/aromatic N) is 1. The quantitative estimate of drug-likeness (QED) is 0.0211. The largest absolute Gasteiger partial charge is 0.477 e. The highest BCUT2D eigenvalue weighted by molar-refractivity contribution is 5.71. The SMILES string of the molecule is CC/C=C\C/C=C\C/C=C\C/C=C\C/C=C\C/C=C\C/C=C\C/C=C\C/C=C\C/C=C\C/C=C\CCCCCCCC(=O)OC(COC(=O)CCCCCCCCCCCCCCCCCCCCCCCCCCCC)COC(OCC[N+](C)(C)C)C(=O)O. The number of ether oxygens (including phenoxy) is 4. The molecule has 9 nitrogen and oxygen atoms in total. The molecule has 9 heteroatoms. The van der Waals surface area contributed by atoms with Crippen molar-refractivity contribution < 1.29 is 42.9 Å². The molecule has 0 aliphatic heterocycles. The van der Waals surface area contributed by atoms with E-state index >= 15 is 0 Å². The fourth-order valence-corrected chi connectivity index (χ4v) is 10.1. The first-order chi connectivity index (χ1) is 44.1. The maximum Gasteiger partial charge on any atom is 0.361 e. The van der Waals surface area contributed by atoms with E-state index in [2.05, 4.69) is 148 Å². The molecule has 0 rings (SSSR count). The van der Waals surface area contributed by atoms with E-state index in [0.29, 0.717) is 23.9 Å². The number of aliphatic carboxylic acids is 1. The van der Waals surface area contributed by atoms with Gasteiger partial charge in [-0.3, -0.25) is 9.59 Å². The van der Waals surface area contributed by atoms with E-state index in [1.807, 2.05) is 21.1 Å². The number of unbranched alkanes of at least 4 members (excludes halogenated alkanes) is 30. The summed E-state index contributed by atoms with van der Waals surface area (Å²) in [6, 6.07) is 0. The number of carboxylic acids is 1. The molecule has 0 aliphatic rings. The van der Waals surface area contributed by atoms with Crippen molar-refractivity contribution in [1.29, 1.82) is 0 Å². The Labute approximate surface area is 554 Å². The topological polar surface area (TPSA) is 108 Å². The van der Waals surface area contributed by atoms with Gasteiger partial charge in [-0.25, -0.2) is 4.79 Å². The van der Waals surface area contributed by atoms with Gasteiger partial charge in [-0.1, -0.05) is 327 Å². The smallest absolute Gasteiger partial charge is 0.361 e. The van der Waals surface area contributed by atoms with Crippen LogP contribution in [0.15, 0.2) is 134 Å². The van der Waals surface area contributed by atoms with Crippen molar-refractivity contribution in [3.63, 3.8) is 0 Å². The van der Waals surface area contributed by atoms with E-state index in [1.165, 1.54) is 148 Å². The zero-order chi connectivity index (χ0) is 65.4. The number of hydrogen-bond acceptors (Lipinski definition) is 7. The van der Waals surface area contributed by atoms with Gasteiger partial charge in [0.1, 0.15) is 13.2 Å². The molecule has 0 bridgehead atoms. The van der Waals surface area contributed by atoms with Gasteiger partial charge < -0.3 is 28.5 Å². The summed E-state index contributed by atoms with van der Waals surface area (Å²) in [6.07, 6.45) is 98.6. The first kappa shape index (κ1) is 85.4. The lowest BCUT2D eigenvalue weighted by molar-refractivity contribution is -0.870. The number of rotatable bonds is 67. The Bertz CT molecular complexity index is 1940. The molecule has 0 fully saturated rings. The van der Waals surface area contributed by atoms with Crippen LogP contribution in [0.2, 0.25) is 0 Å². The number of esters is 2. The Morgan fingerprint density at radius 1 is 0.344 bits per heavy atom. The van der Waals surface area contributed by atoms with Gasteiger partial charge in [-0.05, 0) is 96.3 Å². The van der Waals surface area contributed by atoms with E-state index in [9.17, 15) is 19.5 Å². The monoisotopic (exact) mass is 1250 g/mol. The molecule has 0 heterocycles. The first-order valence-corrected chi connectivity index (χ1v) is 36.8. The van der Waals surface area contributed by atoms with E-state index in [4.69, 9.17) is 18.9 Å².